The van der Waals surface area contributed by atoms with Crippen LogP contribution >= 0.6 is 0 Å². The van der Waals surface area contributed by atoms with Crippen molar-refractivity contribution in [3.05, 3.63) is 40.2 Å². The average Bonchev–Trinajstić information content (AvgIpc) is 2.42. The molecule has 96 valence electrons. The van der Waals surface area contributed by atoms with Crippen LogP contribution in [0.1, 0.15) is 5.56 Å². The molecule has 1 heterocycles. The molecule has 19 heavy (non-hydrogen) atoms. The Balaban J connectivity index is 2.24. The molecule has 0 fully saturated rings. The summed E-state index contributed by atoms with van der Waals surface area (Å²) in [7, 11) is 0. The molecule has 0 bridgehead atoms. The molecule has 6 heteroatoms. The number of rotatable bonds is 5. The molecule has 2 aromatic rings. The van der Waals surface area contributed by atoms with Crippen molar-refractivity contribution in [2.24, 2.45) is 0 Å². The lowest BCUT2D eigenvalue weighted by atomic mass is 10.2. The van der Waals surface area contributed by atoms with Gasteiger partial charge in [0.05, 0.1) is 0 Å². The Hall–Kier alpha value is -2.81. The fraction of sp³-hybridized carbons (Fsp3) is 0.154. The lowest BCUT2D eigenvalue weighted by molar-refractivity contribution is -0.129. The number of carbonyl (C=O) groups excluding carboxylic acids is 1. The van der Waals surface area contributed by atoms with E-state index < -0.39 is 5.63 Å². The zero-order valence-corrected chi connectivity index (χ0v) is 9.79. The van der Waals surface area contributed by atoms with Crippen LogP contribution in [0.5, 0.6) is 5.75 Å². The summed E-state index contributed by atoms with van der Waals surface area (Å²) in [5, 5.41) is 9.35. The zero-order valence-electron chi connectivity index (χ0n) is 9.79. The molecule has 1 aromatic heterocycles. The molecule has 0 spiro atoms. The van der Waals surface area contributed by atoms with Crippen LogP contribution in [0.2, 0.25) is 0 Å². The van der Waals surface area contributed by atoms with Crippen molar-refractivity contribution in [3.8, 4) is 11.8 Å². The van der Waals surface area contributed by atoms with Crippen LogP contribution in [0.15, 0.2) is 33.5 Å². The summed E-state index contributed by atoms with van der Waals surface area (Å²) in [6.45, 7) is 0.676. The van der Waals surface area contributed by atoms with Crippen LogP contribution in [-0.2, 0) is 9.53 Å². The van der Waals surface area contributed by atoms with Crippen molar-refractivity contribution >= 4 is 17.4 Å². The largest absolute Gasteiger partial charge is 0.490 e. The van der Waals surface area contributed by atoms with Crippen LogP contribution in [0.3, 0.4) is 0 Å². The maximum Gasteiger partial charge on any atom is 0.354 e. The molecule has 0 radical (unpaired) electrons. The van der Waals surface area contributed by atoms with E-state index in [0.717, 1.165) is 0 Å². The van der Waals surface area contributed by atoms with Crippen molar-refractivity contribution in [1.82, 2.24) is 0 Å². The fourth-order valence-corrected chi connectivity index (χ4v) is 1.52. The number of hydrogen-bond acceptors (Lipinski definition) is 6. The van der Waals surface area contributed by atoms with E-state index in [1.807, 2.05) is 0 Å². The maximum atomic E-state index is 11.4. The molecular formula is C13H9NO5. The Morgan fingerprint density at radius 3 is 2.89 bits per heavy atom. The number of hydrogen-bond donors (Lipinski definition) is 0. The summed E-state index contributed by atoms with van der Waals surface area (Å²) < 4.78 is 14.8. The van der Waals surface area contributed by atoms with E-state index >= 15 is 0 Å². The first-order valence-electron chi connectivity index (χ1n) is 5.40. The third kappa shape index (κ3) is 2.90. The van der Waals surface area contributed by atoms with E-state index in [1.165, 1.54) is 6.07 Å². The molecule has 2 rings (SSSR count). The van der Waals surface area contributed by atoms with Gasteiger partial charge in [0, 0.05) is 11.5 Å². The zero-order chi connectivity index (χ0) is 13.7. The van der Waals surface area contributed by atoms with Gasteiger partial charge >= 0.3 is 5.63 Å². The van der Waals surface area contributed by atoms with Gasteiger partial charge in [-0.25, -0.2) is 4.79 Å². The lowest BCUT2D eigenvalue weighted by Crippen LogP contribution is -2.06. The second kappa shape index (κ2) is 5.69. The highest BCUT2D eigenvalue weighted by Crippen LogP contribution is 2.20. The Morgan fingerprint density at radius 1 is 1.32 bits per heavy atom. The maximum absolute atomic E-state index is 11.4. The van der Waals surface area contributed by atoms with Gasteiger partial charge in [-0.2, -0.15) is 5.26 Å². The highest BCUT2D eigenvalue weighted by atomic mass is 16.5. The Kier molecular flexibility index (Phi) is 3.78. The van der Waals surface area contributed by atoms with Gasteiger partial charge in [-0.15, -0.1) is 0 Å². The number of ether oxygens (including phenoxy) is 2. The Morgan fingerprint density at radius 2 is 2.16 bits per heavy atom. The van der Waals surface area contributed by atoms with Crippen LogP contribution < -0.4 is 10.4 Å². The van der Waals surface area contributed by atoms with Crippen LogP contribution in [0.25, 0.3) is 11.0 Å². The SMILES string of the molecule is N#Cc1cc2ccc(OCCOC=O)cc2oc1=O. The highest BCUT2D eigenvalue weighted by Gasteiger charge is 2.05. The third-order valence-corrected chi connectivity index (χ3v) is 2.37. The van der Waals surface area contributed by atoms with Gasteiger partial charge in [0.1, 0.15) is 36.2 Å². The number of benzene rings is 1. The third-order valence-electron chi connectivity index (χ3n) is 2.37. The van der Waals surface area contributed by atoms with Crippen molar-refractivity contribution in [2.45, 2.75) is 0 Å². The number of nitriles is 1. The standard InChI is InChI=1S/C13H9NO5/c14-7-10-5-9-1-2-11(18-4-3-17-8-15)6-12(9)19-13(10)16/h1-2,5-6,8H,3-4H2. The normalized spacial score (nSPS) is 9.84. The first-order valence-corrected chi connectivity index (χ1v) is 5.40. The fourth-order valence-electron chi connectivity index (χ4n) is 1.52. The molecule has 0 amide bonds. The number of fused-ring (bicyclic) bond motifs is 1. The summed E-state index contributed by atoms with van der Waals surface area (Å²) >= 11 is 0. The first-order chi connectivity index (χ1) is 9.24. The van der Waals surface area contributed by atoms with Crippen molar-refractivity contribution in [1.29, 1.82) is 5.26 Å². The van der Waals surface area contributed by atoms with Crippen LogP contribution in [-0.4, -0.2) is 19.7 Å². The minimum atomic E-state index is -0.684. The Labute approximate surface area is 107 Å². The van der Waals surface area contributed by atoms with Crippen LogP contribution in [0.4, 0.5) is 0 Å². The molecule has 0 saturated heterocycles. The van der Waals surface area contributed by atoms with E-state index in [1.54, 1.807) is 24.3 Å². The molecule has 0 aliphatic heterocycles. The van der Waals surface area contributed by atoms with Crippen molar-refractivity contribution in [2.75, 3.05) is 13.2 Å². The molecule has 6 nitrogen and oxygen atoms in total. The molecule has 0 aliphatic carbocycles. The van der Waals surface area contributed by atoms with E-state index in [-0.39, 0.29) is 18.8 Å². The molecule has 0 saturated carbocycles. The predicted octanol–water partition coefficient (Wildman–Crippen LogP) is 1.22. The summed E-state index contributed by atoms with van der Waals surface area (Å²) in [4.78, 5) is 21.3. The highest BCUT2D eigenvalue weighted by molar-refractivity contribution is 5.79. The van der Waals surface area contributed by atoms with E-state index in [2.05, 4.69) is 4.74 Å². The van der Waals surface area contributed by atoms with E-state index in [4.69, 9.17) is 14.4 Å². The summed E-state index contributed by atoms with van der Waals surface area (Å²) in [6.07, 6.45) is 0. The molecule has 1 aromatic carbocycles. The van der Waals surface area contributed by atoms with E-state index in [9.17, 15) is 9.59 Å². The minimum Gasteiger partial charge on any atom is -0.490 e. The topological polar surface area (TPSA) is 89.5 Å². The first kappa shape index (κ1) is 12.6. The van der Waals surface area contributed by atoms with Crippen LogP contribution in [0, 0.1) is 11.3 Å². The van der Waals surface area contributed by atoms with E-state index in [0.29, 0.717) is 23.2 Å². The minimum absolute atomic E-state index is 0.0412. The second-order valence-corrected chi connectivity index (χ2v) is 3.57. The van der Waals surface area contributed by atoms with Gasteiger partial charge in [-0.1, -0.05) is 0 Å². The molecule has 0 atom stereocenters. The summed E-state index contributed by atoms with van der Waals surface area (Å²) in [5.41, 5.74) is -0.394. The van der Waals surface area contributed by atoms with Gasteiger partial charge in [0.2, 0.25) is 0 Å². The summed E-state index contributed by atoms with van der Waals surface area (Å²) in [5.74, 6) is 0.481. The summed E-state index contributed by atoms with van der Waals surface area (Å²) in [6, 6.07) is 8.11. The monoisotopic (exact) mass is 259 g/mol. The van der Waals surface area contributed by atoms with Gasteiger partial charge in [0.25, 0.3) is 6.47 Å². The quantitative estimate of drug-likeness (QED) is 0.455. The van der Waals surface area contributed by atoms with Crippen molar-refractivity contribution < 1.29 is 18.7 Å². The van der Waals surface area contributed by atoms with Gasteiger partial charge in [0.15, 0.2) is 0 Å². The van der Waals surface area contributed by atoms with Gasteiger partial charge in [-0.05, 0) is 18.2 Å². The lowest BCUT2D eigenvalue weighted by Gasteiger charge is -2.05. The molecular weight excluding hydrogens is 250 g/mol. The van der Waals surface area contributed by atoms with Gasteiger partial charge in [-0.3, -0.25) is 4.79 Å². The Bertz CT molecular complexity index is 698. The van der Waals surface area contributed by atoms with Gasteiger partial charge < -0.3 is 13.9 Å². The number of nitrogens with zero attached hydrogens (tertiary/aromatic N) is 1. The second-order valence-electron chi connectivity index (χ2n) is 3.57. The number of carbonyl (C=O) groups is 1. The molecule has 0 aliphatic rings. The molecule has 0 N–H and O–H groups in total. The van der Waals surface area contributed by atoms with Crippen molar-refractivity contribution in [3.63, 3.8) is 0 Å². The predicted molar refractivity (Wildman–Crippen MR) is 64.7 cm³/mol. The smallest absolute Gasteiger partial charge is 0.354 e. The molecule has 0 unspecified atom stereocenters. The average molecular weight is 259 g/mol.